The van der Waals surface area contributed by atoms with Gasteiger partial charge in [0.1, 0.15) is 21.3 Å². The first-order valence-corrected chi connectivity index (χ1v) is 7.93. The quantitative estimate of drug-likeness (QED) is 0.857. The summed E-state index contributed by atoms with van der Waals surface area (Å²) in [5.74, 6) is -1.18. The van der Waals surface area contributed by atoms with E-state index in [0.29, 0.717) is 14.8 Å². The summed E-state index contributed by atoms with van der Waals surface area (Å²) in [6.45, 7) is 1.73. The van der Waals surface area contributed by atoms with Gasteiger partial charge in [0.15, 0.2) is 5.76 Å². The first-order chi connectivity index (χ1) is 10.5. The predicted octanol–water partition coefficient (Wildman–Crippen LogP) is 3.62. The van der Waals surface area contributed by atoms with Gasteiger partial charge in [0.25, 0.3) is 0 Å². The average Bonchev–Trinajstić information content (AvgIpc) is 2.87. The zero-order chi connectivity index (χ0) is 15.9. The molecule has 112 valence electrons. The highest BCUT2D eigenvalue weighted by Gasteiger charge is 2.37. The fraction of sp³-hybridized carbons (Fsp3) is 0.133. The maximum Gasteiger partial charge on any atom is 0.248 e. The van der Waals surface area contributed by atoms with Crippen LogP contribution in [0.2, 0.25) is 0 Å². The lowest BCUT2D eigenvalue weighted by atomic mass is 10.1. The SMILES string of the molecule is COC1=C(Sc2cccc(F)c2)C(=O)c2sc(C)nc2C1=O. The first-order valence-electron chi connectivity index (χ1n) is 6.29. The molecule has 0 fully saturated rings. The summed E-state index contributed by atoms with van der Waals surface area (Å²) in [6, 6.07) is 5.83. The second-order valence-electron chi connectivity index (χ2n) is 4.49. The van der Waals surface area contributed by atoms with E-state index in [1.165, 1.54) is 30.6 Å². The van der Waals surface area contributed by atoms with Crippen LogP contribution >= 0.6 is 23.1 Å². The van der Waals surface area contributed by atoms with E-state index < -0.39 is 11.6 Å². The molecule has 0 amide bonds. The number of aromatic nitrogens is 1. The minimum atomic E-state index is -0.416. The Balaban J connectivity index is 2.07. The molecule has 2 aromatic rings. The van der Waals surface area contributed by atoms with Crippen LogP contribution in [-0.4, -0.2) is 23.7 Å². The molecule has 1 heterocycles. The lowest BCUT2D eigenvalue weighted by Crippen LogP contribution is -2.20. The highest BCUT2D eigenvalue weighted by atomic mass is 32.2. The molecule has 0 atom stereocenters. The topological polar surface area (TPSA) is 56.3 Å². The summed E-state index contributed by atoms with van der Waals surface area (Å²) < 4.78 is 18.4. The number of carbonyl (C=O) groups is 2. The molecule has 1 aromatic carbocycles. The minimum absolute atomic E-state index is 0.0444. The minimum Gasteiger partial charge on any atom is -0.491 e. The highest BCUT2D eigenvalue weighted by Crippen LogP contribution is 2.39. The van der Waals surface area contributed by atoms with E-state index in [2.05, 4.69) is 4.98 Å². The van der Waals surface area contributed by atoms with Gasteiger partial charge in [-0.1, -0.05) is 17.8 Å². The number of thiazole rings is 1. The Morgan fingerprint density at radius 1 is 1.27 bits per heavy atom. The van der Waals surface area contributed by atoms with Gasteiger partial charge in [-0.05, 0) is 25.1 Å². The van der Waals surface area contributed by atoms with Crippen molar-refractivity contribution in [3.05, 3.63) is 56.3 Å². The summed E-state index contributed by atoms with van der Waals surface area (Å²) >= 11 is 2.19. The lowest BCUT2D eigenvalue weighted by molar-refractivity contribution is 0.0911. The lowest BCUT2D eigenvalue weighted by Gasteiger charge is -2.16. The predicted molar refractivity (Wildman–Crippen MR) is 81.8 cm³/mol. The van der Waals surface area contributed by atoms with Gasteiger partial charge in [0.2, 0.25) is 11.6 Å². The number of rotatable bonds is 3. The molecule has 0 unspecified atom stereocenters. The first kappa shape index (κ1) is 14.9. The fourth-order valence-electron chi connectivity index (χ4n) is 2.08. The van der Waals surface area contributed by atoms with Gasteiger partial charge in [0, 0.05) is 4.90 Å². The van der Waals surface area contributed by atoms with Crippen molar-refractivity contribution in [3.63, 3.8) is 0 Å². The third-order valence-electron chi connectivity index (χ3n) is 2.99. The van der Waals surface area contributed by atoms with E-state index in [1.807, 2.05) is 0 Å². The van der Waals surface area contributed by atoms with Crippen molar-refractivity contribution in [1.82, 2.24) is 4.98 Å². The molecule has 0 saturated carbocycles. The van der Waals surface area contributed by atoms with E-state index in [4.69, 9.17) is 4.74 Å². The molecule has 0 saturated heterocycles. The van der Waals surface area contributed by atoms with Crippen LogP contribution < -0.4 is 0 Å². The number of ketones is 2. The normalized spacial score (nSPS) is 14.3. The Hall–Kier alpha value is -1.99. The zero-order valence-electron chi connectivity index (χ0n) is 11.7. The number of nitrogens with zero attached hydrogens (tertiary/aromatic N) is 1. The van der Waals surface area contributed by atoms with Crippen molar-refractivity contribution in [3.8, 4) is 0 Å². The number of carbonyl (C=O) groups excluding carboxylic acids is 2. The van der Waals surface area contributed by atoms with Crippen molar-refractivity contribution >= 4 is 34.7 Å². The maximum absolute atomic E-state index is 13.3. The fourth-order valence-corrected chi connectivity index (χ4v) is 4.02. The molecule has 0 spiro atoms. The van der Waals surface area contributed by atoms with E-state index in [0.717, 1.165) is 11.8 Å². The third-order valence-corrected chi connectivity index (χ3v) is 5.03. The molecule has 4 nitrogen and oxygen atoms in total. The van der Waals surface area contributed by atoms with Gasteiger partial charge < -0.3 is 4.74 Å². The number of thioether (sulfide) groups is 1. The second kappa shape index (κ2) is 5.66. The van der Waals surface area contributed by atoms with Crippen molar-refractivity contribution in [2.75, 3.05) is 7.11 Å². The number of Topliss-reactive ketones (excluding diaryl/α,β-unsaturated/α-hetero) is 2. The third kappa shape index (κ3) is 2.46. The number of hydrogen-bond donors (Lipinski definition) is 0. The Morgan fingerprint density at radius 3 is 2.73 bits per heavy atom. The van der Waals surface area contributed by atoms with E-state index in [-0.39, 0.29) is 22.1 Å². The number of halogens is 1. The Labute approximate surface area is 134 Å². The van der Waals surface area contributed by atoms with E-state index in [9.17, 15) is 14.0 Å². The number of methoxy groups -OCH3 is 1. The van der Waals surface area contributed by atoms with E-state index >= 15 is 0 Å². The largest absolute Gasteiger partial charge is 0.491 e. The number of allylic oxidation sites excluding steroid dienone is 2. The summed E-state index contributed by atoms with van der Waals surface area (Å²) in [5.41, 5.74) is 0.132. The molecule has 1 aliphatic rings. The number of fused-ring (bicyclic) bond motifs is 1. The van der Waals surface area contributed by atoms with E-state index in [1.54, 1.807) is 19.1 Å². The number of aryl methyl sites for hydroxylation is 1. The highest BCUT2D eigenvalue weighted by molar-refractivity contribution is 8.04. The molecule has 0 N–H and O–H groups in total. The molecule has 3 rings (SSSR count). The average molecular weight is 335 g/mol. The van der Waals surface area contributed by atoms with Gasteiger partial charge >= 0.3 is 0 Å². The van der Waals surface area contributed by atoms with Crippen LogP contribution in [0.4, 0.5) is 4.39 Å². The summed E-state index contributed by atoms with van der Waals surface area (Å²) in [7, 11) is 1.33. The molecule has 0 aliphatic heterocycles. The van der Waals surface area contributed by atoms with Gasteiger partial charge in [-0.25, -0.2) is 9.37 Å². The molecule has 7 heteroatoms. The van der Waals surface area contributed by atoms with Crippen LogP contribution in [0.3, 0.4) is 0 Å². The number of hydrogen-bond acceptors (Lipinski definition) is 6. The van der Waals surface area contributed by atoms with Crippen molar-refractivity contribution in [2.45, 2.75) is 11.8 Å². The zero-order valence-corrected chi connectivity index (χ0v) is 13.3. The summed E-state index contributed by atoms with van der Waals surface area (Å²) in [6.07, 6.45) is 0. The van der Waals surface area contributed by atoms with Crippen molar-refractivity contribution < 1.29 is 18.7 Å². The maximum atomic E-state index is 13.3. The van der Waals surface area contributed by atoms with Crippen molar-refractivity contribution in [1.29, 1.82) is 0 Å². The molecule has 22 heavy (non-hydrogen) atoms. The van der Waals surface area contributed by atoms with Gasteiger partial charge in [-0.2, -0.15) is 0 Å². The molecule has 1 aliphatic carbocycles. The van der Waals surface area contributed by atoms with Gasteiger partial charge in [-0.3, -0.25) is 9.59 Å². The van der Waals surface area contributed by atoms with Crippen LogP contribution in [0.5, 0.6) is 0 Å². The van der Waals surface area contributed by atoms with Gasteiger partial charge in [-0.15, -0.1) is 11.3 Å². The van der Waals surface area contributed by atoms with Crippen LogP contribution in [0.25, 0.3) is 0 Å². The molecular weight excluding hydrogens is 325 g/mol. The van der Waals surface area contributed by atoms with Crippen molar-refractivity contribution in [2.24, 2.45) is 0 Å². The Bertz CT molecular complexity index is 826. The molecule has 1 aromatic heterocycles. The van der Waals surface area contributed by atoms with Gasteiger partial charge in [0.05, 0.1) is 12.1 Å². The smallest absolute Gasteiger partial charge is 0.248 e. The summed E-state index contributed by atoms with van der Waals surface area (Å²) in [4.78, 5) is 30.1. The Kier molecular flexibility index (Phi) is 3.84. The monoisotopic (exact) mass is 335 g/mol. The van der Waals surface area contributed by atoms with Crippen LogP contribution in [0, 0.1) is 12.7 Å². The number of benzene rings is 1. The van der Waals surface area contributed by atoms with Crippen LogP contribution in [0.1, 0.15) is 25.2 Å². The molecular formula is C15H10FNO3S2. The summed E-state index contributed by atoms with van der Waals surface area (Å²) in [5, 5.41) is 0.638. The number of ether oxygens (including phenoxy) is 1. The standard InChI is InChI=1S/C15H10FNO3S2/c1-7-17-10-11(18)13(20-2)15(12(19)14(10)21-7)22-9-5-3-4-8(16)6-9/h3-6H,1-2H3. The molecule has 0 bridgehead atoms. The Morgan fingerprint density at radius 2 is 2.05 bits per heavy atom. The molecule has 0 radical (unpaired) electrons. The second-order valence-corrected chi connectivity index (χ2v) is 6.78. The van der Waals surface area contributed by atoms with Crippen LogP contribution in [0.15, 0.2) is 39.8 Å². The van der Waals surface area contributed by atoms with Crippen LogP contribution in [-0.2, 0) is 4.74 Å².